The molecule has 0 fully saturated rings. The Kier molecular flexibility index (Phi) is 18.1. The maximum atomic E-state index is 9.21. The van der Waals surface area contributed by atoms with E-state index in [-0.39, 0.29) is 39.6 Å². The zero-order valence-electron chi connectivity index (χ0n) is 14.5. The summed E-state index contributed by atoms with van der Waals surface area (Å²) in [6.07, 6.45) is -2.44. The smallest absolute Gasteiger partial charge is 0.449 e. The van der Waals surface area contributed by atoms with Crippen LogP contribution in [0.2, 0.25) is 0 Å². The van der Waals surface area contributed by atoms with Crippen LogP contribution >= 0.6 is 0 Å². The number of carbonyl (C=O) groups is 2. The van der Waals surface area contributed by atoms with E-state index in [1.54, 1.807) is 0 Å². The van der Waals surface area contributed by atoms with E-state index in [0.717, 1.165) is 0 Å². The Balaban J connectivity index is -0.000000293. The van der Waals surface area contributed by atoms with Gasteiger partial charge in [-0.15, -0.1) is 0 Å². The highest BCUT2D eigenvalue weighted by Gasteiger charge is 2.25. The molecular weight excluding hydrogens is 344 g/mol. The Morgan fingerprint density at radius 3 is 0.840 bits per heavy atom. The minimum absolute atomic E-state index is 0.156. The lowest BCUT2D eigenvalue weighted by Gasteiger charge is -2.24. The lowest BCUT2D eigenvalue weighted by molar-refractivity contribution is 0.00275. The van der Waals surface area contributed by atoms with Gasteiger partial charge in [-0.3, -0.25) is 0 Å². The van der Waals surface area contributed by atoms with Crippen molar-refractivity contribution < 1.29 is 55.2 Å². The average Bonchev–Trinajstić information content (AvgIpc) is 2.60. The van der Waals surface area contributed by atoms with E-state index in [9.17, 15) is 9.59 Å². The van der Waals surface area contributed by atoms with Crippen molar-refractivity contribution in [3.63, 3.8) is 0 Å². The van der Waals surface area contributed by atoms with E-state index in [4.69, 9.17) is 40.9 Å². The number of aliphatic hydroxyl groups is 6. The van der Waals surface area contributed by atoms with Crippen LogP contribution in [0.1, 0.15) is 26.7 Å². The van der Waals surface area contributed by atoms with Gasteiger partial charge in [0.05, 0.1) is 39.6 Å². The van der Waals surface area contributed by atoms with Gasteiger partial charge in [-0.25, -0.2) is 9.59 Å². The van der Waals surface area contributed by atoms with Crippen molar-refractivity contribution in [3.8, 4) is 0 Å². The third-order valence-corrected chi connectivity index (χ3v) is 3.69. The SMILES string of the molecule is CCC(CO)(CO)CO.CCC(CO)(CO)CO.O=C(O)OC(=O)O. The molecule has 25 heavy (non-hydrogen) atoms. The monoisotopic (exact) mass is 374 g/mol. The number of ether oxygens (including phenoxy) is 1. The second kappa shape index (κ2) is 16.0. The van der Waals surface area contributed by atoms with Crippen LogP contribution in [0.3, 0.4) is 0 Å². The van der Waals surface area contributed by atoms with Crippen molar-refractivity contribution in [2.45, 2.75) is 26.7 Å². The molecule has 0 rings (SSSR count). The zero-order chi connectivity index (χ0) is 20.5. The Hall–Kier alpha value is -1.50. The molecule has 0 saturated carbocycles. The summed E-state index contributed by atoms with van der Waals surface area (Å²) in [6.45, 7) is 2.71. The Labute approximate surface area is 145 Å². The molecule has 0 aromatic heterocycles. The minimum atomic E-state index is -1.81. The van der Waals surface area contributed by atoms with Gasteiger partial charge in [0.15, 0.2) is 0 Å². The lowest BCUT2D eigenvalue weighted by atomic mass is 9.88. The molecule has 0 aromatic carbocycles. The maximum absolute atomic E-state index is 9.21. The Bertz CT molecular complexity index is 271. The topological polar surface area (TPSA) is 205 Å². The number of aliphatic hydroxyl groups excluding tert-OH is 6. The van der Waals surface area contributed by atoms with Crippen molar-refractivity contribution >= 4 is 12.3 Å². The summed E-state index contributed by atoms with van der Waals surface area (Å²) < 4.78 is 3.08. The molecule has 0 heterocycles. The van der Waals surface area contributed by atoms with E-state index < -0.39 is 23.1 Å². The van der Waals surface area contributed by atoms with Crippen LogP contribution < -0.4 is 0 Å². The molecule has 0 aromatic rings. The van der Waals surface area contributed by atoms with Gasteiger partial charge in [0, 0.05) is 10.8 Å². The summed E-state index contributed by atoms with van der Waals surface area (Å²) >= 11 is 0. The van der Waals surface area contributed by atoms with Crippen molar-refractivity contribution in [1.29, 1.82) is 0 Å². The third-order valence-electron chi connectivity index (χ3n) is 3.69. The number of hydrogen-bond acceptors (Lipinski definition) is 9. The van der Waals surface area contributed by atoms with Crippen molar-refractivity contribution in [1.82, 2.24) is 0 Å². The van der Waals surface area contributed by atoms with Gasteiger partial charge >= 0.3 is 12.3 Å². The fraction of sp³-hybridized carbons (Fsp3) is 0.857. The second-order valence-corrected chi connectivity index (χ2v) is 5.29. The third kappa shape index (κ3) is 13.5. The molecule has 0 bridgehead atoms. The second-order valence-electron chi connectivity index (χ2n) is 5.29. The molecule has 8 N–H and O–H groups in total. The molecule has 0 aliphatic rings. The number of hydrogen-bond donors (Lipinski definition) is 8. The van der Waals surface area contributed by atoms with Crippen molar-refractivity contribution in [3.05, 3.63) is 0 Å². The van der Waals surface area contributed by atoms with E-state index in [1.807, 2.05) is 13.8 Å². The first-order valence-corrected chi connectivity index (χ1v) is 7.40. The summed E-state index contributed by atoms with van der Waals surface area (Å²) in [5.41, 5.74) is -1.33. The standard InChI is InChI=1S/2C6H14O3.C2H2O5/c2*1-2-6(3-7,4-8)5-9;3-1(4)7-2(5)6/h2*7-9H,2-5H2,1H3;(H,3,4)(H,5,6). The van der Waals surface area contributed by atoms with Gasteiger partial charge in [0.1, 0.15) is 0 Å². The molecule has 0 saturated heterocycles. The highest BCUT2D eigenvalue weighted by atomic mass is 16.7. The molecule has 0 unspecified atom stereocenters. The number of carboxylic acid groups (broad SMARTS) is 2. The predicted molar refractivity (Wildman–Crippen MR) is 85.1 cm³/mol. The summed E-state index contributed by atoms with van der Waals surface area (Å²) in [6, 6.07) is 0. The summed E-state index contributed by atoms with van der Waals surface area (Å²) in [7, 11) is 0. The van der Waals surface area contributed by atoms with Gasteiger partial charge in [-0.1, -0.05) is 13.8 Å². The average molecular weight is 374 g/mol. The van der Waals surface area contributed by atoms with Crippen LogP contribution in [0.4, 0.5) is 9.59 Å². The molecule has 11 nitrogen and oxygen atoms in total. The van der Waals surface area contributed by atoms with Gasteiger partial charge < -0.3 is 45.6 Å². The first-order chi connectivity index (χ1) is 11.6. The van der Waals surface area contributed by atoms with E-state index in [0.29, 0.717) is 12.8 Å². The van der Waals surface area contributed by atoms with E-state index in [1.165, 1.54) is 0 Å². The minimum Gasteiger partial charge on any atom is -0.449 e. The molecule has 11 heteroatoms. The van der Waals surface area contributed by atoms with Gasteiger partial charge in [0.25, 0.3) is 0 Å². The fourth-order valence-electron chi connectivity index (χ4n) is 1.05. The molecular formula is C14H30O11. The number of rotatable bonds is 8. The van der Waals surface area contributed by atoms with E-state index in [2.05, 4.69) is 4.74 Å². The summed E-state index contributed by atoms with van der Waals surface area (Å²) in [5, 5.41) is 66.9. The molecule has 0 aliphatic heterocycles. The molecule has 0 amide bonds. The highest BCUT2D eigenvalue weighted by molar-refractivity contribution is 5.74. The van der Waals surface area contributed by atoms with Gasteiger partial charge in [-0.2, -0.15) is 0 Å². The van der Waals surface area contributed by atoms with Crippen molar-refractivity contribution in [2.24, 2.45) is 10.8 Å². The highest BCUT2D eigenvalue weighted by Crippen LogP contribution is 2.18. The van der Waals surface area contributed by atoms with Crippen LogP contribution in [-0.4, -0.2) is 92.8 Å². The normalized spacial score (nSPS) is 10.7. The van der Waals surface area contributed by atoms with Crippen molar-refractivity contribution in [2.75, 3.05) is 39.6 Å². The molecule has 152 valence electrons. The van der Waals surface area contributed by atoms with Crippen LogP contribution in [0.15, 0.2) is 0 Å². The Morgan fingerprint density at radius 2 is 0.840 bits per heavy atom. The molecule has 0 atom stereocenters. The quantitative estimate of drug-likeness (QED) is 0.192. The van der Waals surface area contributed by atoms with Crippen LogP contribution in [-0.2, 0) is 4.74 Å². The fourth-order valence-corrected chi connectivity index (χ4v) is 1.05. The van der Waals surface area contributed by atoms with E-state index >= 15 is 0 Å². The maximum Gasteiger partial charge on any atom is 0.516 e. The summed E-state index contributed by atoms with van der Waals surface area (Å²) in [4.78, 5) is 18.4. The zero-order valence-corrected chi connectivity index (χ0v) is 14.5. The lowest BCUT2D eigenvalue weighted by Crippen LogP contribution is -2.32. The first-order valence-electron chi connectivity index (χ1n) is 7.40. The van der Waals surface area contributed by atoms with Gasteiger partial charge in [-0.05, 0) is 12.8 Å². The molecule has 0 radical (unpaired) electrons. The van der Waals surface area contributed by atoms with Crippen LogP contribution in [0.25, 0.3) is 0 Å². The molecule has 0 spiro atoms. The first kappa shape index (κ1) is 28.3. The predicted octanol–water partition coefficient (Wildman–Crippen LogP) is -0.922. The van der Waals surface area contributed by atoms with Crippen LogP contribution in [0.5, 0.6) is 0 Å². The van der Waals surface area contributed by atoms with Crippen LogP contribution in [0, 0.1) is 10.8 Å². The largest absolute Gasteiger partial charge is 0.516 e. The van der Waals surface area contributed by atoms with Gasteiger partial charge in [0.2, 0.25) is 0 Å². The molecule has 0 aliphatic carbocycles. The summed E-state index contributed by atoms with van der Waals surface area (Å²) in [5.74, 6) is 0. The Morgan fingerprint density at radius 1 is 0.640 bits per heavy atom.